The number of halogens is 1. The molecule has 0 saturated carbocycles. The molecule has 2 aliphatic heterocycles. The lowest BCUT2D eigenvalue weighted by molar-refractivity contribution is 0.0993. The van der Waals surface area contributed by atoms with E-state index in [0.717, 1.165) is 60.1 Å². The lowest BCUT2D eigenvalue weighted by atomic mass is 9.95. The number of fused-ring (bicyclic) bond motifs is 1. The van der Waals surface area contributed by atoms with E-state index in [1.807, 2.05) is 6.07 Å². The molecule has 2 saturated heterocycles. The molecule has 2 aromatic heterocycles. The standard InChI is InChI=1S/C24H28FN5O2S/c25-18-1-2-20(29-5-3-16(14-26)4-6-29)19(13-18)21(31)11-17-12-22-23(27-15-17)28-24(33-22)30-7-9-32-10-8-30/h1-2,12-13,15-16H,3-11,14,26H2. The molecule has 0 radical (unpaired) electrons. The van der Waals surface area contributed by atoms with E-state index in [1.165, 1.54) is 12.1 Å². The van der Waals surface area contributed by atoms with Gasteiger partial charge in [0.1, 0.15) is 5.82 Å². The molecule has 0 atom stereocenters. The number of ether oxygens (including phenoxy) is 1. The summed E-state index contributed by atoms with van der Waals surface area (Å²) in [6, 6.07) is 6.50. The van der Waals surface area contributed by atoms with Crippen molar-refractivity contribution >= 4 is 38.3 Å². The SMILES string of the molecule is NCC1CCN(c2ccc(F)cc2C(=O)Cc2cnc3nc(N4CCOCC4)sc3c2)CC1. The molecule has 0 unspecified atom stereocenters. The summed E-state index contributed by atoms with van der Waals surface area (Å²) < 4.78 is 20.5. The third-order valence-electron chi connectivity index (χ3n) is 6.49. The Morgan fingerprint density at radius 1 is 1.15 bits per heavy atom. The molecule has 2 aliphatic rings. The van der Waals surface area contributed by atoms with Crippen LogP contribution in [0.1, 0.15) is 28.8 Å². The van der Waals surface area contributed by atoms with Gasteiger partial charge in [-0.25, -0.2) is 9.37 Å². The highest BCUT2D eigenvalue weighted by Crippen LogP contribution is 2.30. The number of carbonyl (C=O) groups is 1. The van der Waals surface area contributed by atoms with Crippen molar-refractivity contribution in [1.29, 1.82) is 0 Å². The molecule has 2 fully saturated rings. The van der Waals surface area contributed by atoms with E-state index in [4.69, 9.17) is 10.5 Å². The molecule has 0 bridgehead atoms. The van der Waals surface area contributed by atoms with Crippen LogP contribution in [0.25, 0.3) is 10.3 Å². The number of aromatic nitrogens is 2. The van der Waals surface area contributed by atoms with E-state index in [0.29, 0.717) is 36.9 Å². The van der Waals surface area contributed by atoms with Gasteiger partial charge in [0, 0.05) is 50.0 Å². The second-order valence-electron chi connectivity index (χ2n) is 8.69. The molecule has 0 amide bonds. The maximum Gasteiger partial charge on any atom is 0.188 e. The fourth-order valence-electron chi connectivity index (χ4n) is 4.53. The summed E-state index contributed by atoms with van der Waals surface area (Å²) in [5.41, 5.74) is 8.54. The number of ketones is 1. The molecule has 33 heavy (non-hydrogen) atoms. The third kappa shape index (κ3) is 4.85. The molecule has 3 aromatic rings. The number of Topliss-reactive ketones (excluding diaryl/α,β-unsaturated/α-hetero) is 1. The van der Waals surface area contributed by atoms with Crippen molar-refractivity contribution in [1.82, 2.24) is 9.97 Å². The predicted molar refractivity (Wildman–Crippen MR) is 129 cm³/mol. The smallest absolute Gasteiger partial charge is 0.188 e. The molecule has 4 heterocycles. The molecule has 174 valence electrons. The van der Waals surface area contributed by atoms with Gasteiger partial charge in [-0.05, 0) is 55.1 Å². The summed E-state index contributed by atoms with van der Waals surface area (Å²) >= 11 is 1.58. The molecule has 1 aromatic carbocycles. The first-order chi connectivity index (χ1) is 16.1. The molecule has 5 rings (SSSR count). The van der Waals surface area contributed by atoms with Crippen LogP contribution in [-0.2, 0) is 11.2 Å². The number of hydrogen-bond donors (Lipinski definition) is 1. The van der Waals surface area contributed by atoms with Crippen LogP contribution < -0.4 is 15.5 Å². The van der Waals surface area contributed by atoms with Gasteiger partial charge in [-0.15, -0.1) is 0 Å². The number of nitrogens with zero attached hydrogens (tertiary/aromatic N) is 4. The second kappa shape index (κ2) is 9.70. The van der Waals surface area contributed by atoms with Crippen molar-refractivity contribution in [2.45, 2.75) is 19.3 Å². The quantitative estimate of drug-likeness (QED) is 0.555. The Morgan fingerprint density at radius 3 is 2.70 bits per heavy atom. The topological polar surface area (TPSA) is 84.6 Å². The second-order valence-corrected chi connectivity index (χ2v) is 9.70. The van der Waals surface area contributed by atoms with Crippen LogP contribution in [0.4, 0.5) is 15.2 Å². The molecule has 2 N–H and O–H groups in total. The minimum atomic E-state index is -0.398. The summed E-state index contributed by atoms with van der Waals surface area (Å²) in [4.78, 5) is 26.8. The highest BCUT2D eigenvalue weighted by atomic mass is 32.1. The largest absolute Gasteiger partial charge is 0.378 e. The Balaban J connectivity index is 1.35. The monoisotopic (exact) mass is 469 g/mol. The van der Waals surface area contributed by atoms with Gasteiger partial charge in [-0.3, -0.25) is 4.79 Å². The number of nitrogens with two attached hydrogens (primary N) is 1. The van der Waals surface area contributed by atoms with Crippen LogP contribution in [0.15, 0.2) is 30.5 Å². The van der Waals surface area contributed by atoms with E-state index in [-0.39, 0.29) is 12.2 Å². The van der Waals surface area contributed by atoms with Gasteiger partial charge in [0.2, 0.25) is 0 Å². The maximum atomic E-state index is 14.1. The summed E-state index contributed by atoms with van der Waals surface area (Å²) in [6.07, 6.45) is 3.84. The summed E-state index contributed by atoms with van der Waals surface area (Å²) in [5, 5.41) is 0.928. The Morgan fingerprint density at radius 2 is 1.94 bits per heavy atom. The van der Waals surface area contributed by atoms with Gasteiger partial charge in [0.05, 0.1) is 17.9 Å². The zero-order valence-electron chi connectivity index (χ0n) is 18.5. The first-order valence-electron chi connectivity index (χ1n) is 11.5. The maximum absolute atomic E-state index is 14.1. The number of anilines is 2. The van der Waals surface area contributed by atoms with E-state index < -0.39 is 5.82 Å². The van der Waals surface area contributed by atoms with Crippen molar-refractivity contribution < 1.29 is 13.9 Å². The lowest BCUT2D eigenvalue weighted by Crippen LogP contribution is -2.37. The Bertz CT molecular complexity index is 1140. The first kappa shape index (κ1) is 22.2. The lowest BCUT2D eigenvalue weighted by Gasteiger charge is -2.34. The number of thiazole rings is 1. The van der Waals surface area contributed by atoms with Crippen molar-refractivity contribution in [3.05, 3.63) is 47.4 Å². The minimum absolute atomic E-state index is 0.107. The average molecular weight is 470 g/mol. The van der Waals surface area contributed by atoms with Crippen LogP contribution >= 0.6 is 11.3 Å². The summed E-state index contributed by atoms with van der Waals surface area (Å²) in [5.74, 6) is 0.00931. The molecule has 0 spiro atoms. The molecule has 7 nitrogen and oxygen atoms in total. The normalized spacial score (nSPS) is 17.6. The molecule has 9 heteroatoms. The van der Waals surface area contributed by atoms with Gasteiger partial charge in [-0.2, -0.15) is 4.98 Å². The predicted octanol–water partition coefficient (Wildman–Crippen LogP) is 3.27. The fraction of sp³-hybridized carbons (Fsp3) is 0.458. The fourth-order valence-corrected chi connectivity index (χ4v) is 5.57. The number of pyridine rings is 1. The van der Waals surface area contributed by atoms with Gasteiger partial charge >= 0.3 is 0 Å². The van der Waals surface area contributed by atoms with Crippen LogP contribution in [0.2, 0.25) is 0 Å². The highest BCUT2D eigenvalue weighted by Gasteiger charge is 2.23. The van der Waals surface area contributed by atoms with Crippen molar-refractivity contribution in [2.75, 3.05) is 55.7 Å². The molecular formula is C24H28FN5O2S. The van der Waals surface area contributed by atoms with Crippen LogP contribution in [-0.4, -0.2) is 61.7 Å². The molecular weight excluding hydrogens is 441 g/mol. The minimum Gasteiger partial charge on any atom is -0.378 e. The Labute approximate surface area is 196 Å². The highest BCUT2D eigenvalue weighted by molar-refractivity contribution is 7.22. The third-order valence-corrected chi connectivity index (χ3v) is 7.54. The van der Waals surface area contributed by atoms with E-state index in [2.05, 4.69) is 19.8 Å². The van der Waals surface area contributed by atoms with Crippen molar-refractivity contribution in [3.8, 4) is 0 Å². The van der Waals surface area contributed by atoms with Crippen LogP contribution in [0, 0.1) is 11.7 Å². The zero-order valence-corrected chi connectivity index (χ0v) is 19.3. The average Bonchev–Trinajstić information content (AvgIpc) is 3.28. The number of rotatable bonds is 6. The Hall–Kier alpha value is -2.62. The van der Waals surface area contributed by atoms with Gasteiger partial charge in [0.25, 0.3) is 0 Å². The van der Waals surface area contributed by atoms with Gasteiger partial charge in [0.15, 0.2) is 16.6 Å². The Kier molecular flexibility index (Phi) is 6.52. The number of carbonyl (C=O) groups excluding carboxylic acids is 1. The van der Waals surface area contributed by atoms with E-state index >= 15 is 0 Å². The summed E-state index contributed by atoms with van der Waals surface area (Å²) in [6.45, 7) is 5.36. The zero-order chi connectivity index (χ0) is 22.8. The van der Waals surface area contributed by atoms with Crippen LogP contribution in [0.3, 0.4) is 0 Å². The molecule has 0 aliphatic carbocycles. The van der Waals surface area contributed by atoms with Gasteiger partial charge < -0.3 is 20.3 Å². The number of hydrogen-bond acceptors (Lipinski definition) is 8. The number of morpholine rings is 1. The van der Waals surface area contributed by atoms with Gasteiger partial charge in [-0.1, -0.05) is 11.3 Å². The van der Waals surface area contributed by atoms with E-state index in [9.17, 15) is 9.18 Å². The van der Waals surface area contributed by atoms with Crippen LogP contribution in [0.5, 0.6) is 0 Å². The summed E-state index contributed by atoms with van der Waals surface area (Å²) in [7, 11) is 0. The first-order valence-corrected chi connectivity index (χ1v) is 12.3. The van der Waals surface area contributed by atoms with Crippen molar-refractivity contribution in [2.24, 2.45) is 11.7 Å². The van der Waals surface area contributed by atoms with E-state index in [1.54, 1.807) is 23.6 Å². The number of piperidine rings is 1. The van der Waals surface area contributed by atoms with Crippen molar-refractivity contribution in [3.63, 3.8) is 0 Å². The number of benzene rings is 1.